The molecule has 0 radical (unpaired) electrons. The van der Waals surface area contributed by atoms with Crippen LogP contribution in [0.1, 0.15) is 17.3 Å². The summed E-state index contributed by atoms with van der Waals surface area (Å²) in [4.78, 5) is 38.7. The first-order valence-electron chi connectivity index (χ1n) is 17.5. The van der Waals surface area contributed by atoms with Gasteiger partial charge in [-0.3, -0.25) is 15.0 Å². The fourth-order valence-electron chi connectivity index (χ4n) is 6.30. The summed E-state index contributed by atoms with van der Waals surface area (Å²) in [5.41, 5.74) is 11.7. The van der Waals surface area contributed by atoms with Gasteiger partial charge in [0.25, 0.3) is 0 Å². The fourth-order valence-corrected chi connectivity index (χ4v) is 6.30. The SMILES string of the molecule is C1=CC(c2cc(-c3cccc(-c4cccc(-c5ccccn5)n4)n3)nc(-c3cccc(-c4cccc(-c5ccccn5)n4)n3)c2)NC(c2ccccn2)=C1. The zero-order chi connectivity index (χ0) is 36.1. The molecule has 0 saturated heterocycles. The van der Waals surface area contributed by atoms with Crippen molar-refractivity contribution >= 4 is 5.70 Å². The van der Waals surface area contributed by atoms with E-state index in [4.69, 9.17) is 24.9 Å². The van der Waals surface area contributed by atoms with Crippen molar-refractivity contribution in [3.8, 4) is 68.3 Å². The molecule has 9 heteroatoms. The minimum absolute atomic E-state index is 0.160. The highest BCUT2D eigenvalue weighted by Crippen LogP contribution is 2.32. The van der Waals surface area contributed by atoms with E-state index in [1.807, 2.05) is 133 Å². The summed E-state index contributed by atoms with van der Waals surface area (Å²) in [6.07, 6.45) is 11.6. The fraction of sp³-hybridized carbons (Fsp3) is 0.0222. The molecule has 8 aromatic heterocycles. The van der Waals surface area contributed by atoms with Crippen molar-refractivity contribution in [1.82, 2.24) is 45.2 Å². The van der Waals surface area contributed by atoms with Crippen molar-refractivity contribution in [2.75, 3.05) is 0 Å². The number of nitrogens with zero attached hydrogens (tertiary/aromatic N) is 8. The number of allylic oxidation sites excluding steroid dienone is 2. The highest BCUT2D eigenvalue weighted by atomic mass is 15.0. The zero-order valence-electron chi connectivity index (χ0n) is 28.9. The molecule has 0 saturated carbocycles. The molecule has 9 nitrogen and oxygen atoms in total. The summed E-state index contributed by atoms with van der Waals surface area (Å²) in [5.74, 6) is 0. The zero-order valence-corrected chi connectivity index (χ0v) is 28.9. The van der Waals surface area contributed by atoms with Crippen molar-refractivity contribution in [2.24, 2.45) is 0 Å². The van der Waals surface area contributed by atoms with Crippen LogP contribution in [0.15, 0.2) is 176 Å². The van der Waals surface area contributed by atoms with Crippen LogP contribution < -0.4 is 5.32 Å². The van der Waals surface area contributed by atoms with Gasteiger partial charge < -0.3 is 5.32 Å². The molecule has 1 atom stereocenters. The number of hydrogen-bond acceptors (Lipinski definition) is 9. The molecule has 1 aliphatic heterocycles. The first-order valence-corrected chi connectivity index (χ1v) is 17.5. The van der Waals surface area contributed by atoms with Gasteiger partial charge in [-0.2, -0.15) is 0 Å². The summed E-state index contributed by atoms with van der Waals surface area (Å²) in [6.45, 7) is 0. The molecule has 9 rings (SSSR count). The summed E-state index contributed by atoms with van der Waals surface area (Å²) >= 11 is 0. The molecule has 1 aliphatic rings. The van der Waals surface area contributed by atoms with Gasteiger partial charge in [-0.15, -0.1) is 0 Å². The van der Waals surface area contributed by atoms with Crippen molar-refractivity contribution in [2.45, 2.75) is 6.04 Å². The predicted octanol–water partition coefficient (Wildman–Crippen LogP) is 9.09. The lowest BCUT2D eigenvalue weighted by Gasteiger charge is -2.23. The smallest absolute Gasteiger partial charge is 0.0898 e. The van der Waals surface area contributed by atoms with Crippen LogP contribution in [0.5, 0.6) is 0 Å². The summed E-state index contributed by atoms with van der Waals surface area (Å²) in [5, 5.41) is 3.67. The van der Waals surface area contributed by atoms with Gasteiger partial charge in [-0.25, -0.2) is 24.9 Å². The second kappa shape index (κ2) is 14.6. The van der Waals surface area contributed by atoms with Crippen LogP contribution >= 0.6 is 0 Å². The monoisotopic (exact) mass is 697 g/mol. The van der Waals surface area contributed by atoms with E-state index in [1.54, 1.807) is 18.6 Å². The quantitative estimate of drug-likeness (QED) is 0.166. The van der Waals surface area contributed by atoms with Gasteiger partial charge in [0.05, 0.1) is 85.8 Å². The molecule has 9 heterocycles. The van der Waals surface area contributed by atoms with Crippen molar-refractivity contribution in [3.63, 3.8) is 0 Å². The second-order valence-corrected chi connectivity index (χ2v) is 12.5. The molecule has 256 valence electrons. The van der Waals surface area contributed by atoms with E-state index in [9.17, 15) is 0 Å². The number of aromatic nitrogens is 8. The van der Waals surface area contributed by atoms with E-state index in [0.717, 1.165) is 62.5 Å². The highest BCUT2D eigenvalue weighted by molar-refractivity contribution is 5.71. The summed E-state index contributed by atoms with van der Waals surface area (Å²) in [7, 11) is 0. The topological polar surface area (TPSA) is 115 Å². The average Bonchev–Trinajstić information content (AvgIpc) is 3.27. The number of dihydropyridines is 1. The molecule has 1 unspecified atom stereocenters. The standard InChI is InChI=1S/C45H31N9/c1-4-25-46-32(12-1)35-16-7-15-31(49-35)30-28-44(42-23-10-21-40(52-42)38-19-8-17-36(50-38)33-13-2-5-26-47-33)54-45(29-30)43-24-11-22-41(53-43)39-20-9-18-37(51-39)34-14-3-6-27-48-34/h1-29,31,49H. The van der Waals surface area contributed by atoms with Crippen molar-refractivity contribution in [1.29, 1.82) is 0 Å². The molecular formula is C45H31N9. The Kier molecular flexibility index (Phi) is 8.76. The normalized spacial score (nSPS) is 13.6. The Hall–Kier alpha value is -7.52. The van der Waals surface area contributed by atoms with Gasteiger partial charge >= 0.3 is 0 Å². The van der Waals surface area contributed by atoms with Crippen LogP contribution in [0.2, 0.25) is 0 Å². The number of pyridine rings is 8. The summed E-state index contributed by atoms with van der Waals surface area (Å²) < 4.78 is 0. The van der Waals surface area contributed by atoms with E-state index in [1.165, 1.54) is 0 Å². The second-order valence-electron chi connectivity index (χ2n) is 12.5. The minimum atomic E-state index is -0.160. The Morgan fingerprint density at radius 1 is 0.352 bits per heavy atom. The van der Waals surface area contributed by atoms with Crippen molar-refractivity contribution in [3.05, 3.63) is 188 Å². The molecule has 0 amide bonds. The Morgan fingerprint density at radius 3 is 1.11 bits per heavy atom. The van der Waals surface area contributed by atoms with Crippen LogP contribution in [0.4, 0.5) is 0 Å². The molecule has 8 aromatic rings. The molecule has 0 fully saturated rings. The third-order valence-corrected chi connectivity index (χ3v) is 8.93. The lowest BCUT2D eigenvalue weighted by molar-refractivity contribution is 0.759. The largest absolute Gasteiger partial charge is 0.373 e. The Balaban J connectivity index is 1.12. The molecule has 0 aliphatic carbocycles. The lowest BCUT2D eigenvalue weighted by atomic mass is 10.00. The minimum Gasteiger partial charge on any atom is -0.373 e. The maximum absolute atomic E-state index is 5.18. The molecule has 0 spiro atoms. The third-order valence-electron chi connectivity index (χ3n) is 8.93. The number of hydrogen-bond donors (Lipinski definition) is 1. The third kappa shape index (κ3) is 6.89. The Bertz CT molecular complexity index is 2500. The van der Waals surface area contributed by atoms with E-state index >= 15 is 0 Å². The molecular weight excluding hydrogens is 667 g/mol. The number of rotatable bonds is 8. The average molecular weight is 698 g/mol. The van der Waals surface area contributed by atoms with Gasteiger partial charge in [0.2, 0.25) is 0 Å². The van der Waals surface area contributed by atoms with Gasteiger partial charge in [0.1, 0.15) is 0 Å². The Morgan fingerprint density at radius 2 is 0.704 bits per heavy atom. The van der Waals surface area contributed by atoms with E-state index in [-0.39, 0.29) is 6.04 Å². The van der Waals surface area contributed by atoms with Crippen LogP contribution in [0.3, 0.4) is 0 Å². The number of nitrogens with one attached hydrogen (secondary N) is 1. The van der Waals surface area contributed by atoms with Crippen molar-refractivity contribution < 1.29 is 0 Å². The molecule has 0 bridgehead atoms. The molecule has 54 heavy (non-hydrogen) atoms. The lowest BCUT2D eigenvalue weighted by Crippen LogP contribution is -2.21. The maximum atomic E-state index is 5.18. The van der Waals surface area contributed by atoms with Crippen LogP contribution in [0, 0.1) is 0 Å². The highest BCUT2D eigenvalue weighted by Gasteiger charge is 2.19. The maximum Gasteiger partial charge on any atom is 0.0898 e. The van der Waals surface area contributed by atoms with E-state index < -0.39 is 0 Å². The van der Waals surface area contributed by atoms with E-state index in [2.05, 4.69) is 44.6 Å². The van der Waals surface area contributed by atoms with Crippen LogP contribution in [-0.2, 0) is 0 Å². The van der Waals surface area contributed by atoms with Crippen LogP contribution in [0.25, 0.3) is 74.0 Å². The summed E-state index contributed by atoms with van der Waals surface area (Å²) in [6, 6.07) is 45.1. The predicted molar refractivity (Wildman–Crippen MR) is 211 cm³/mol. The van der Waals surface area contributed by atoms with Crippen LogP contribution in [-0.4, -0.2) is 39.9 Å². The molecule has 1 N–H and O–H groups in total. The first-order chi connectivity index (χ1) is 26.7. The van der Waals surface area contributed by atoms with Gasteiger partial charge in [0.15, 0.2) is 0 Å². The van der Waals surface area contributed by atoms with Gasteiger partial charge in [-0.1, -0.05) is 54.6 Å². The van der Waals surface area contributed by atoms with Gasteiger partial charge in [-0.05, 0) is 109 Å². The van der Waals surface area contributed by atoms with E-state index in [0.29, 0.717) is 22.8 Å². The first kappa shape index (κ1) is 32.4. The van der Waals surface area contributed by atoms with Gasteiger partial charge in [0, 0.05) is 18.6 Å². The molecule has 0 aromatic carbocycles. The Labute approximate surface area is 312 Å².